The second-order valence-electron chi connectivity index (χ2n) is 4.15. The number of hydrogen-bond donors (Lipinski definition) is 2. The fourth-order valence-corrected chi connectivity index (χ4v) is 2.79. The second-order valence-corrected chi connectivity index (χ2v) is 5.04. The summed E-state index contributed by atoms with van der Waals surface area (Å²) in [6, 6.07) is 8.54. The zero-order chi connectivity index (χ0) is 12.3. The summed E-state index contributed by atoms with van der Waals surface area (Å²) in [6.07, 6.45) is 0.895. The highest BCUT2D eigenvalue weighted by Gasteiger charge is 2.15. The van der Waals surface area contributed by atoms with Crippen molar-refractivity contribution in [2.75, 3.05) is 0 Å². The Morgan fingerprint density at radius 2 is 2.12 bits per heavy atom. The molecule has 1 aromatic heterocycles. The van der Waals surface area contributed by atoms with E-state index in [1.165, 1.54) is 16.0 Å². The van der Waals surface area contributed by atoms with Crippen LogP contribution in [0.15, 0.2) is 29.8 Å². The first-order valence-electron chi connectivity index (χ1n) is 5.63. The topological polar surface area (TPSA) is 50.9 Å². The van der Waals surface area contributed by atoms with Crippen LogP contribution in [0.25, 0.3) is 0 Å². The first-order valence-corrected chi connectivity index (χ1v) is 6.51. The summed E-state index contributed by atoms with van der Waals surface area (Å²) in [6.45, 7) is 4.15. The lowest BCUT2D eigenvalue weighted by atomic mass is 10.00. The second kappa shape index (κ2) is 5.40. The molecule has 0 spiro atoms. The van der Waals surface area contributed by atoms with Gasteiger partial charge in [-0.1, -0.05) is 24.3 Å². The van der Waals surface area contributed by atoms with Crippen LogP contribution in [0.5, 0.6) is 0 Å². The molecule has 0 aliphatic rings. The Balaban J connectivity index is 2.22. The molecule has 0 aliphatic heterocycles. The van der Waals surface area contributed by atoms with Crippen molar-refractivity contribution in [2.45, 2.75) is 26.3 Å². The smallest absolute Gasteiger partial charge is 0.0798 e. The van der Waals surface area contributed by atoms with E-state index in [9.17, 15) is 0 Å². The van der Waals surface area contributed by atoms with Crippen LogP contribution in [0, 0.1) is 13.8 Å². The van der Waals surface area contributed by atoms with Gasteiger partial charge in [0.15, 0.2) is 0 Å². The summed E-state index contributed by atoms with van der Waals surface area (Å²) in [5, 5.41) is 0. The zero-order valence-electron chi connectivity index (χ0n) is 10.1. The maximum atomic E-state index is 5.66. The fourth-order valence-electron chi connectivity index (χ4n) is 1.93. The third-order valence-electron chi connectivity index (χ3n) is 2.99. The van der Waals surface area contributed by atoms with Gasteiger partial charge in [0.1, 0.15) is 0 Å². The Hall–Kier alpha value is -1.23. The summed E-state index contributed by atoms with van der Waals surface area (Å²) in [7, 11) is 0. The Morgan fingerprint density at radius 1 is 1.35 bits per heavy atom. The Morgan fingerprint density at radius 3 is 2.71 bits per heavy atom. The van der Waals surface area contributed by atoms with E-state index in [-0.39, 0.29) is 6.04 Å². The van der Waals surface area contributed by atoms with Crippen LogP contribution in [-0.2, 0) is 6.42 Å². The number of thiazole rings is 1. The minimum Gasteiger partial charge on any atom is -0.271 e. The van der Waals surface area contributed by atoms with Crippen LogP contribution in [0.1, 0.15) is 27.7 Å². The lowest BCUT2D eigenvalue weighted by molar-refractivity contribution is 0.556. The van der Waals surface area contributed by atoms with E-state index in [2.05, 4.69) is 41.6 Å². The molecule has 1 unspecified atom stereocenters. The van der Waals surface area contributed by atoms with E-state index in [1.807, 2.05) is 12.4 Å². The van der Waals surface area contributed by atoms with Gasteiger partial charge >= 0.3 is 0 Å². The largest absolute Gasteiger partial charge is 0.271 e. The van der Waals surface area contributed by atoms with Gasteiger partial charge in [0.25, 0.3) is 0 Å². The number of nitrogens with two attached hydrogens (primary N) is 1. The molecule has 1 aromatic carbocycles. The zero-order valence-corrected chi connectivity index (χ0v) is 10.9. The van der Waals surface area contributed by atoms with E-state index < -0.39 is 0 Å². The van der Waals surface area contributed by atoms with Crippen LogP contribution < -0.4 is 11.3 Å². The first kappa shape index (κ1) is 12.2. The van der Waals surface area contributed by atoms with Crippen molar-refractivity contribution >= 4 is 11.3 Å². The molecular weight excluding hydrogens is 230 g/mol. The highest BCUT2D eigenvalue weighted by Crippen LogP contribution is 2.25. The van der Waals surface area contributed by atoms with Gasteiger partial charge in [0.2, 0.25) is 0 Å². The minimum absolute atomic E-state index is 0.142. The van der Waals surface area contributed by atoms with E-state index in [1.54, 1.807) is 11.3 Å². The van der Waals surface area contributed by atoms with Gasteiger partial charge in [0.05, 0.1) is 17.2 Å². The molecule has 0 saturated heterocycles. The average molecular weight is 247 g/mol. The highest BCUT2D eigenvalue weighted by atomic mass is 32.1. The number of nitrogens with zero attached hydrogens (tertiary/aromatic N) is 1. The highest BCUT2D eigenvalue weighted by molar-refractivity contribution is 7.09. The van der Waals surface area contributed by atoms with Crippen molar-refractivity contribution in [2.24, 2.45) is 5.84 Å². The van der Waals surface area contributed by atoms with E-state index in [4.69, 9.17) is 5.84 Å². The monoisotopic (exact) mass is 247 g/mol. The van der Waals surface area contributed by atoms with E-state index in [0.717, 1.165) is 12.1 Å². The van der Waals surface area contributed by atoms with Crippen LogP contribution >= 0.6 is 11.3 Å². The van der Waals surface area contributed by atoms with Crippen molar-refractivity contribution in [3.63, 3.8) is 0 Å². The number of rotatable bonds is 4. The molecule has 0 bridgehead atoms. The Kier molecular flexibility index (Phi) is 3.89. The summed E-state index contributed by atoms with van der Waals surface area (Å²) in [5.41, 5.74) is 8.44. The number of aryl methyl sites for hydroxylation is 2. The average Bonchev–Trinajstić information content (AvgIpc) is 2.75. The molecule has 3 N–H and O–H groups in total. The fraction of sp³-hybridized carbons (Fsp3) is 0.308. The normalized spacial score (nSPS) is 12.6. The van der Waals surface area contributed by atoms with Crippen molar-refractivity contribution in [1.29, 1.82) is 0 Å². The standard InChI is InChI=1S/C13H17N3S/c1-9-5-3-4-6-11(9)7-12(16-14)13-10(2)15-8-17-13/h3-6,8,12,16H,7,14H2,1-2H3. The molecule has 2 aromatic rings. The molecule has 0 saturated carbocycles. The van der Waals surface area contributed by atoms with E-state index >= 15 is 0 Å². The van der Waals surface area contributed by atoms with Crippen LogP contribution in [0.2, 0.25) is 0 Å². The Labute approximate surface area is 106 Å². The minimum atomic E-state index is 0.142. The molecule has 3 nitrogen and oxygen atoms in total. The van der Waals surface area contributed by atoms with Crippen LogP contribution in [0.3, 0.4) is 0 Å². The van der Waals surface area contributed by atoms with Gasteiger partial charge in [-0.2, -0.15) is 0 Å². The number of benzene rings is 1. The van der Waals surface area contributed by atoms with Crippen LogP contribution in [0.4, 0.5) is 0 Å². The SMILES string of the molecule is Cc1ccccc1CC(NN)c1scnc1C. The molecule has 0 amide bonds. The summed E-state index contributed by atoms with van der Waals surface area (Å²) in [4.78, 5) is 5.49. The number of hydrogen-bond acceptors (Lipinski definition) is 4. The van der Waals surface area contributed by atoms with Gasteiger partial charge in [-0.25, -0.2) is 4.98 Å². The maximum absolute atomic E-state index is 5.66. The van der Waals surface area contributed by atoms with Crippen LogP contribution in [-0.4, -0.2) is 4.98 Å². The molecule has 90 valence electrons. The predicted octanol–water partition coefficient (Wildman–Crippen LogP) is 2.51. The van der Waals surface area contributed by atoms with Gasteiger partial charge in [-0.05, 0) is 31.4 Å². The number of aromatic nitrogens is 1. The summed E-state index contributed by atoms with van der Waals surface area (Å²) < 4.78 is 0. The lowest BCUT2D eigenvalue weighted by Crippen LogP contribution is -2.29. The van der Waals surface area contributed by atoms with Crippen molar-refractivity contribution < 1.29 is 0 Å². The molecule has 1 heterocycles. The van der Waals surface area contributed by atoms with Crippen molar-refractivity contribution in [3.05, 3.63) is 51.5 Å². The van der Waals surface area contributed by atoms with Gasteiger partial charge < -0.3 is 0 Å². The maximum Gasteiger partial charge on any atom is 0.0798 e. The van der Waals surface area contributed by atoms with Gasteiger partial charge in [0, 0.05) is 4.88 Å². The molecule has 17 heavy (non-hydrogen) atoms. The molecule has 0 fully saturated rings. The lowest BCUT2D eigenvalue weighted by Gasteiger charge is -2.16. The molecule has 0 radical (unpaired) electrons. The Bertz CT molecular complexity index is 493. The van der Waals surface area contributed by atoms with Crippen molar-refractivity contribution in [1.82, 2.24) is 10.4 Å². The third kappa shape index (κ3) is 2.72. The third-order valence-corrected chi connectivity index (χ3v) is 4.03. The molecule has 0 aliphatic carbocycles. The van der Waals surface area contributed by atoms with Gasteiger partial charge in [-0.15, -0.1) is 11.3 Å². The molecular formula is C13H17N3S. The molecule has 4 heteroatoms. The molecule has 2 rings (SSSR count). The number of hydrazine groups is 1. The quantitative estimate of drug-likeness (QED) is 0.644. The number of nitrogens with one attached hydrogen (secondary N) is 1. The van der Waals surface area contributed by atoms with Crippen molar-refractivity contribution in [3.8, 4) is 0 Å². The first-order chi connectivity index (χ1) is 8.22. The molecule has 1 atom stereocenters. The summed E-state index contributed by atoms with van der Waals surface area (Å²) >= 11 is 1.65. The predicted molar refractivity (Wildman–Crippen MR) is 71.8 cm³/mol. The summed E-state index contributed by atoms with van der Waals surface area (Å²) in [5.74, 6) is 5.66. The van der Waals surface area contributed by atoms with Gasteiger partial charge in [-0.3, -0.25) is 11.3 Å². The van der Waals surface area contributed by atoms with E-state index in [0.29, 0.717) is 0 Å².